The average molecular weight is 394 g/mol. The maximum atomic E-state index is 13.2. The van der Waals surface area contributed by atoms with Gasteiger partial charge in [-0.3, -0.25) is 9.59 Å². The summed E-state index contributed by atoms with van der Waals surface area (Å²) in [5, 5.41) is 5.05. The van der Waals surface area contributed by atoms with E-state index in [1.807, 2.05) is 42.2 Å². The molecular formula is C22H26N4O3. The zero-order valence-corrected chi connectivity index (χ0v) is 16.5. The number of carbonyl (C=O) groups is 3. The lowest BCUT2D eigenvalue weighted by Crippen LogP contribution is -2.40. The number of benzene rings is 2. The second-order valence-corrected chi connectivity index (χ2v) is 7.19. The Kier molecular flexibility index (Phi) is 6.49. The third-order valence-electron chi connectivity index (χ3n) is 5.06. The van der Waals surface area contributed by atoms with Crippen molar-refractivity contribution in [3.63, 3.8) is 0 Å². The summed E-state index contributed by atoms with van der Waals surface area (Å²) < 4.78 is 0. The molecule has 1 aliphatic rings. The maximum absolute atomic E-state index is 13.2. The molecule has 29 heavy (non-hydrogen) atoms. The number of anilines is 1. The van der Waals surface area contributed by atoms with Gasteiger partial charge in [-0.15, -0.1) is 0 Å². The minimum Gasteiger partial charge on any atom is -0.368 e. The van der Waals surface area contributed by atoms with E-state index in [2.05, 4.69) is 16.7 Å². The van der Waals surface area contributed by atoms with Crippen LogP contribution in [0.3, 0.4) is 0 Å². The highest BCUT2D eigenvalue weighted by atomic mass is 16.2. The molecule has 0 aromatic heterocycles. The molecule has 1 aliphatic heterocycles. The highest BCUT2D eigenvalue weighted by Crippen LogP contribution is 2.27. The summed E-state index contributed by atoms with van der Waals surface area (Å²) in [4.78, 5) is 37.4. The first kappa shape index (κ1) is 20.4. The largest absolute Gasteiger partial charge is 0.368 e. The third kappa shape index (κ3) is 5.13. The van der Waals surface area contributed by atoms with E-state index < -0.39 is 11.9 Å². The Morgan fingerprint density at radius 3 is 2.62 bits per heavy atom. The van der Waals surface area contributed by atoms with Crippen molar-refractivity contribution in [1.29, 1.82) is 0 Å². The second kappa shape index (κ2) is 9.23. The Balaban J connectivity index is 1.70. The number of hydrogen-bond donors (Lipinski definition) is 3. The van der Waals surface area contributed by atoms with Gasteiger partial charge in [0, 0.05) is 24.3 Å². The monoisotopic (exact) mass is 394 g/mol. The molecule has 0 fully saturated rings. The number of fused-ring (bicyclic) bond motifs is 1. The molecule has 0 saturated heterocycles. The minimum absolute atomic E-state index is 0.0128. The molecule has 7 nitrogen and oxygen atoms in total. The van der Waals surface area contributed by atoms with Crippen LogP contribution in [0.25, 0.3) is 0 Å². The molecule has 4 amide bonds. The van der Waals surface area contributed by atoms with Crippen LogP contribution in [0, 0.1) is 6.92 Å². The zero-order valence-electron chi connectivity index (χ0n) is 16.5. The molecule has 0 aliphatic carbocycles. The summed E-state index contributed by atoms with van der Waals surface area (Å²) in [6.45, 7) is 2.69. The van der Waals surface area contributed by atoms with Crippen molar-refractivity contribution in [2.45, 2.75) is 32.7 Å². The molecule has 1 heterocycles. The number of nitrogens with zero attached hydrogens (tertiary/aromatic N) is 1. The molecular weight excluding hydrogens is 368 g/mol. The lowest BCUT2D eigenvalue weighted by Gasteiger charge is -2.23. The van der Waals surface area contributed by atoms with E-state index in [1.165, 1.54) is 5.56 Å². The van der Waals surface area contributed by atoms with Crippen LogP contribution in [0.2, 0.25) is 0 Å². The molecule has 7 heteroatoms. The number of aryl methyl sites for hydroxylation is 2. The van der Waals surface area contributed by atoms with Crippen molar-refractivity contribution >= 4 is 23.5 Å². The molecule has 0 saturated carbocycles. The van der Waals surface area contributed by atoms with Gasteiger partial charge in [0.2, 0.25) is 5.91 Å². The van der Waals surface area contributed by atoms with Crippen molar-refractivity contribution in [2.24, 2.45) is 5.73 Å². The van der Waals surface area contributed by atoms with Gasteiger partial charge in [-0.25, -0.2) is 4.79 Å². The Morgan fingerprint density at radius 2 is 1.86 bits per heavy atom. The van der Waals surface area contributed by atoms with Crippen molar-refractivity contribution in [2.75, 3.05) is 18.0 Å². The first-order chi connectivity index (χ1) is 14.0. The Labute approximate surface area is 170 Å². The number of hydrogen-bond acceptors (Lipinski definition) is 3. The van der Waals surface area contributed by atoms with Crippen LogP contribution in [-0.2, 0) is 17.8 Å². The van der Waals surface area contributed by atoms with Crippen LogP contribution in [0.4, 0.5) is 10.5 Å². The van der Waals surface area contributed by atoms with E-state index >= 15 is 0 Å². The standard InChI is InChI=1S/C22H26N4O3/c1-15-12-17(9-10-18(15)13-24-22(29)25-14-20(23)27)21(28)26-11-5-4-7-16-6-2-3-8-19(16)26/h2-3,6,8-10,12H,4-5,7,11,13-14H2,1H3,(H2,23,27)(H2,24,25,29). The predicted molar refractivity (Wildman–Crippen MR) is 112 cm³/mol. The van der Waals surface area contributed by atoms with Crippen LogP contribution in [0.15, 0.2) is 42.5 Å². The molecule has 0 atom stereocenters. The van der Waals surface area contributed by atoms with Gasteiger partial charge in [0.15, 0.2) is 0 Å². The highest BCUT2D eigenvalue weighted by molar-refractivity contribution is 6.06. The van der Waals surface area contributed by atoms with Gasteiger partial charge in [0.05, 0.1) is 6.54 Å². The molecule has 152 valence electrons. The molecule has 0 radical (unpaired) electrons. The van der Waals surface area contributed by atoms with Crippen LogP contribution >= 0.6 is 0 Å². The van der Waals surface area contributed by atoms with Gasteiger partial charge in [-0.05, 0) is 61.1 Å². The van der Waals surface area contributed by atoms with Gasteiger partial charge in [0.1, 0.15) is 0 Å². The zero-order chi connectivity index (χ0) is 20.8. The van der Waals surface area contributed by atoms with Crippen molar-refractivity contribution in [1.82, 2.24) is 10.6 Å². The van der Waals surface area contributed by atoms with E-state index in [4.69, 9.17) is 5.73 Å². The number of amides is 4. The normalized spacial score (nSPS) is 13.2. The van der Waals surface area contributed by atoms with Gasteiger partial charge in [-0.2, -0.15) is 0 Å². The number of primary amides is 1. The second-order valence-electron chi connectivity index (χ2n) is 7.19. The van der Waals surface area contributed by atoms with Crippen LogP contribution in [0.1, 0.15) is 39.9 Å². The van der Waals surface area contributed by atoms with E-state index in [9.17, 15) is 14.4 Å². The van der Waals surface area contributed by atoms with Crippen molar-refractivity contribution < 1.29 is 14.4 Å². The molecule has 2 aromatic carbocycles. The fraction of sp³-hybridized carbons (Fsp3) is 0.318. The van der Waals surface area contributed by atoms with E-state index in [1.54, 1.807) is 6.07 Å². The quantitative estimate of drug-likeness (QED) is 0.724. The summed E-state index contributed by atoms with van der Waals surface area (Å²) >= 11 is 0. The van der Waals surface area contributed by atoms with Crippen molar-refractivity contribution in [3.8, 4) is 0 Å². The molecule has 0 bridgehead atoms. The fourth-order valence-electron chi connectivity index (χ4n) is 3.49. The SMILES string of the molecule is Cc1cc(C(=O)N2CCCCc3ccccc32)ccc1CNC(=O)NCC(N)=O. The summed E-state index contributed by atoms with van der Waals surface area (Å²) in [6, 6.07) is 13.1. The van der Waals surface area contributed by atoms with Crippen LogP contribution < -0.4 is 21.3 Å². The molecule has 0 unspecified atom stereocenters. The van der Waals surface area contributed by atoms with Gasteiger partial charge in [0.25, 0.3) is 5.91 Å². The summed E-state index contributed by atoms with van der Waals surface area (Å²) in [6.07, 6.45) is 3.03. The first-order valence-electron chi connectivity index (χ1n) is 9.75. The number of carbonyl (C=O) groups excluding carboxylic acids is 3. The predicted octanol–water partition coefficient (Wildman–Crippen LogP) is 2.26. The van der Waals surface area contributed by atoms with Crippen LogP contribution in [-0.4, -0.2) is 30.9 Å². The summed E-state index contributed by atoms with van der Waals surface area (Å²) in [5.74, 6) is -0.615. The molecule has 4 N–H and O–H groups in total. The number of para-hydroxylation sites is 1. The van der Waals surface area contributed by atoms with Gasteiger partial charge in [-0.1, -0.05) is 24.3 Å². The van der Waals surface area contributed by atoms with E-state index in [0.717, 1.165) is 36.1 Å². The number of urea groups is 1. The molecule has 2 aromatic rings. The lowest BCUT2D eigenvalue weighted by molar-refractivity contribution is -0.117. The molecule has 0 spiro atoms. The average Bonchev–Trinajstić information content (AvgIpc) is 2.93. The topological polar surface area (TPSA) is 105 Å². The van der Waals surface area contributed by atoms with E-state index in [-0.39, 0.29) is 19.0 Å². The Bertz CT molecular complexity index is 926. The summed E-state index contributed by atoms with van der Waals surface area (Å²) in [5.41, 5.74) is 9.63. The smallest absolute Gasteiger partial charge is 0.315 e. The van der Waals surface area contributed by atoms with Crippen LogP contribution in [0.5, 0.6) is 0 Å². The summed E-state index contributed by atoms with van der Waals surface area (Å²) in [7, 11) is 0. The van der Waals surface area contributed by atoms with Gasteiger partial charge >= 0.3 is 6.03 Å². The molecule has 3 rings (SSSR count). The highest BCUT2D eigenvalue weighted by Gasteiger charge is 2.22. The Hall–Kier alpha value is -3.35. The Morgan fingerprint density at radius 1 is 1.07 bits per heavy atom. The number of nitrogens with one attached hydrogen (secondary N) is 2. The maximum Gasteiger partial charge on any atom is 0.315 e. The van der Waals surface area contributed by atoms with E-state index in [0.29, 0.717) is 12.1 Å². The minimum atomic E-state index is -0.603. The number of rotatable bonds is 5. The number of nitrogens with two attached hydrogens (primary N) is 1. The van der Waals surface area contributed by atoms with Crippen molar-refractivity contribution in [3.05, 3.63) is 64.7 Å². The lowest BCUT2D eigenvalue weighted by atomic mass is 10.0. The first-order valence-corrected chi connectivity index (χ1v) is 9.75. The fourth-order valence-corrected chi connectivity index (χ4v) is 3.49. The third-order valence-corrected chi connectivity index (χ3v) is 5.06. The van der Waals surface area contributed by atoms with Gasteiger partial charge < -0.3 is 21.3 Å².